The van der Waals surface area contributed by atoms with Gasteiger partial charge in [0.15, 0.2) is 0 Å². The molecule has 1 atom stereocenters. The molecule has 0 amide bonds. The van der Waals surface area contributed by atoms with Crippen molar-refractivity contribution < 1.29 is 4.42 Å². The highest BCUT2D eigenvalue weighted by atomic mass is 16.3. The molecule has 1 unspecified atom stereocenters. The van der Waals surface area contributed by atoms with Crippen molar-refractivity contribution in [1.29, 1.82) is 0 Å². The Bertz CT molecular complexity index is 698. The molecular formula is C13H14N4O. The molecule has 3 heterocycles. The monoisotopic (exact) mass is 242 g/mol. The molecule has 0 aliphatic carbocycles. The first-order valence-corrected chi connectivity index (χ1v) is 5.80. The minimum atomic E-state index is 0.00565. The van der Waals surface area contributed by atoms with Crippen LogP contribution in [0.2, 0.25) is 0 Å². The predicted molar refractivity (Wildman–Crippen MR) is 69.2 cm³/mol. The van der Waals surface area contributed by atoms with Gasteiger partial charge in [0.1, 0.15) is 17.0 Å². The molecule has 0 aliphatic heterocycles. The van der Waals surface area contributed by atoms with Crippen molar-refractivity contribution in [3.63, 3.8) is 0 Å². The maximum Gasteiger partial charge on any atom is 0.201 e. The molecule has 0 aromatic carbocycles. The fourth-order valence-corrected chi connectivity index (χ4v) is 2.18. The van der Waals surface area contributed by atoms with Crippen LogP contribution >= 0.6 is 0 Å². The van der Waals surface area contributed by atoms with Gasteiger partial charge in [-0.1, -0.05) is 0 Å². The third-order valence-corrected chi connectivity index (χ3v) is 3.08. The number of pyridine rings is 1. The molecule has 3 aromatic rings. The van der Waals surface area contributed by atoms with Crippen LogP contribution in [-0.4, -0.2) is 14.5 Å². The lowest BCUT2D eigenvalue weighted by atomic mass is 10.2. The Balaban J connectivity index is 2.16. The largest absolute Gasteiger partial charge is 0.464 e. The van der Waals surface area contributed by atoms with Crippen molar-refractivity contribution in [1.82, 2.24) is 14.5 Å². The molecule has 0 saturated heterocycles. The summed E-state index contributed by atoms with van der Waals surface area (Å²) in [6.45, 7) is 3.96. The zero-order chi connectivity index (χ0) is 12.7. The molecule has 2 N–H and O–H groups in total. The highest BCUT2D eigenvalue weighted by Gasteiger charge is 2.17. The van der Waals surface area contributed by atoms with Crippen LogP contribution in [0, 0.1) is 6.92 Å². The predicted octanol–water partition coefficient (Wildman–Crippen LogP) is 2.52. The summed E-state index contributed by atoms with van der Waals surface area (Å²) in [4.78, 5) is 8.35. The minimum absolute atomic E-state index is 0.00565. The van der Waals surface area contributed by atoms with Crippen LogP contribution in [0.25, 0.3) is 11.0 Å². The summed E-state index contributed by atoms with van der Waals surface area (Å²) < 4.78 is 7.61. The molecule has 0 fully saturated rings. The second kappa shape index (κ2) is 3.87. The molecule has 0 spiro atoms. The van der Waals surface area contributed by atoms with Gasteiger partial charge in [0.05, 0.1) is 17.8 Å². The highest BCUT2D eigenvalue weighted by molar-refractivity contribution is 5.77. The topological polar surface area (TPSA) is 69.9 Å². The van der Waals surface area contributed by atoms with Crippen molar-refractivity contribution in [3.05, 3.63) is 42.1 Å². The Kier molecular flexibility index (Phi) is 2.33. The minimum Gasteiger partial charge on any atom is -0.464 e. The first-order valence-electron chi connectivity index (χ1n) is 5.80. The quantitative estimate of drug-likeness (QED) is 0.749. The van der Waals surface area contributed by atoms with Crippen LogP contribution in [0.15, 0.2) is 35.0 Å². The van der Waals surface area contributed by atoms with Gasteiger partial charge >= 0.3 is 0 Å². The smallest absolute Gasteiger partial charge is 0.201 e. The highest BCUT2D eigenvalue weighted by Crippen LogP contribution is 2.27. The van der Waals surface area contributed by atoms with E-state index in [1.54, 1.807) is 12.4 Å². The first kappa shape index (κ1) is 10.8. The van der Waals surface area contributed by atoms with Gasteiger partial charge in [-0.2, -0.15) is 0 Å². The molecule has 5 heteroatoms. The van der Waals surface area contributed by atoms with E-state index in [0.717, 1.165) is 22.6 Å². The average molecular weight is 242 g/mol. The van der Waals surface area contributed by atoms with E-state index >= 15 is 0 Å². The molecular weight excluding hydrogens is 228 g/mol. The van der Waals surface area contributed by atoms with Crippen LogP contribution < -0.4 is 5.73 Å². The molecule has 92 valence electrons. The van der Waals surface area contributed by atoms with Crippen molar-refractivity contribution in [2.24, 2.45) is 0 Å². The molecule has 3 aromatic heterocycles. The van der Waals surface area contributed by atoms with Gasteiger partial charge in [-0.25, -0.2) is 4.98 Å². The lowest BCUT2D eigenvalue weighted by molar-refractivity contribution is 0.435. The van der Waals surface area contributed by atoms with E-state index in [-0.39, 0.29) is 6.04 Å². The number of hydrogen-bond acceptors (Lipinski definition) is 4. The second-order valence-corrected chi connectivity index (χ2v) is 4.33. The Hall–Kier alpha value is -2.30. The van der Waals surface area contributed by atoms with Gasteiger partial charge < -0.3 is 10.2 Å². The fraction of sp³-hybridized carbons (Fsp3) is 0.231. The summed E-state index contributed by atoms with van der Waals surface area (Å²) in [6.07, 6.45) is 3.45. The fourth-order valence-electron chi connectivity index (χ4n) is 2.18. The van der Waals surface area contributed by atoms with Gasteiger partial charge in [-0.05, 0) is 32.0 Å². The summed E-state index contributed by atoms with van der Waals surface area (Å²) >= 11 is 0. The zero-order valence-corrected chi connectivity index (χ0v) is 10.3. The summed E-state index contributed by atoms with van der Waals surface area (Å²) in [5.41, 5.74) is 7.74. The Morgan fingerprint density at radius 2 is 2.17 bits per heavy atom. The number of hydrogen-bond donors (Lipinski definition) is 1. The van der Waals surface area contributed by atoms with Crippen LogP contribution in [0.5, 0.6) is 0 Å². The van der Waals surface area contributed by atoms with Crippen molar-refractivity contribution in [2.75, 3.05) is 5.73 Å². The van der Waals surface area contributed by atoms with E-state index in [2.05, 4.69) is 9.97 Å². The number of aromatic nitrogens is 3. The van der Waals surface area contributed by atoms with Gasteiger partial charge in [-0.15, -0.1) is 0 Å². The van der Waals surface area contributed by atoms with Gasteiger partial charge in [-0.3, -0.25) is 9.55 Å². The Morgan fingerprint density at radius 1 is 1.33 bits per heavy atom. The summed E-state index contributed by atoms with van der Waals surface area (Å²) in [6, 6.07) is 5.83. The molecule has 18 heavy (non-hydrogen) atoms. The third-order valence-electron chi connectivity index (χ3n) is 3.08. The average Bonchev–Trinajstić information content (AvgIpc) is 2.91. The first-order chi connectivity index (χ1) is 8.66. The van der Waals surface area contributed by atoms with Crippen LogP contribution in [0.1, 0.15) is 24.5 Å². The van der Waals surface area contributed by atoms with Crippen LogP contribution in [0.4, 0.5) is 5.95 Å². The molecule has 0 saturated carbocycles. The number of rotatable bonds is 2. The number of nitrogens with zero attached hydrogens (tertiary/aromatic N) is 3. The normalized spacial score (nSPS) is 13.0. The lowest BCUT2D eigenvalue weighted by Crippen LogP contribution is -2.09. The SMILES string of the molecule is Cc1ccc(C(C)n2c(N)nc3cnccc32)o1. The van der Waals surface area contributed by atoms with Crippen molar-refractivity contribution >= 4 is 17.0 Å². The molecule has 3 rings (SSSR count). The number of imidazole rings is 1. The summed E-state index contributed by atoms with van der Waals surface area (Å²) in [5, 5.41) is 0. The van der Waals surface area contributed by atoms with Crippen LogP contribution in [-0.2, 0) is 0 Å². The van der Waals surface area contributed by atoms with E-state index in [4.69, 9.17) is 10.2 Å². The van der Waals surface area contributed by atoms with E-state index in [0.29, 0.717) is 5.95 Å². The number of furan rings is 1. The molecule has 0 aliphatic rings. The second-order valence-electron chi connectivity index (χ2n) is 4.33. The van der Waals surface area contributed by atoms with E-state index in [1.807, 2.05) is 36.6 Å². The number of nitrogen functional groups attached to an aromatic ring is 1. The maximum atomic E-state index is 5.98. The Morgan fingerprint density at radius 3 is 2.89 bits per heavy atom. The summed E-state index contributed by atoms with van der Waals surface area (Å²) in [7, 11) is 0. The molecule has 5 nitrogen and oxygen atoms in total. The van der Waals surface area contributed by atoms with Crippen LogP contribution in [0.3, 0.4) is 0 Å². The number of anilines is 1. The zero-order valence-electron chi connectivity index (χ0n) is 10.3. The maximum absolute atomic E-state index is 5.98. The van der Waals surface area contributed by atoms with Crippen molar-refractivity contribution in [3.8, 4) is 0 Å². The standard InChI is InChI=1S/C13H14N4O/c1-8-3-4-12(18-8)9(2)17-11-5-6-15-7-10(11)16-13(17)14/h3-7,9H,1-2H3,(H2,14,16). The lowest BCUT2D eigenvalue weighted by Gasteiger charge is -2.13. The van der Waals surface area contributed by atoms with E-state index in [1.165, 1.54) is 0 Å². The molecule has 0 radical (unpaired) electrons. The van der Waals surface area contributed by atoms with Gasteiger partial charge in [0, 0.05) is 6.20 Å². The Labute approximate surface area is 104 Å². The number of aryl methyl sites for hydroxylation is 1. The van der Waals surface area contributed by atoms with Crippen molar-refractivity contribution in [2.45, 2.75) is 19.9 Å². The number of nitrogens with two attached hydrogens (primary N) is 1. The third kappa shape index (κ3) is 1.55. The van der Waals surface area contributed by atoms with Gasteiger partial charge in [0.25, 0.3) is 0 Å². The van der Waals surface area contributed by atoms with E-state index in [9.17, 15) is 0 Å². The van der Waals surface area contributed by atoms with E-state index < -0.39 is 0 Å². The summed E-state index contributed by atoms with van der Waals surface area (Å²) in [5.74, 6) is 2.23. The van der Waals surface area contributed by atoms with Gasteiger partial charge in [0.2, 0.25) is 5.95 Å². The molecule has 0 bridgehead atoms. The number of fused-ring (bicyclic) bond motifs is 1.